The molecule has 6 heteroatoms. The van der Waals surface area contributed by atoms with Crippen LogP contribution in [0.2, 0.25) is 0 Å². The van der Waals surface area contributed by atoms with Crippen molar-refractivity contribution in [1.82, 2.24) is 0 Å². The number of carboxylic acid groups (broad SMARTS) is 1. The van der Waals surface area contributed by atoms with E-state index in [-0.39, 0.29) is 11.3 Å². The van der Waals surface area contributed by atoms with Crippen LogP contribution in [0.1, 0.15) is 10.4 Å². The number of benzene rings is 1. The molecule has 18 heavy (non-hydrogen) atoms. The minimum Gasteiger partial charge on any atom is -0.478 e. The highest BCUT2D eigenvalue weighted by molar-refractivity contribution is 6.06. The van der Waals surface area contributed by atoms with Crippen molar-refractivity contribution in [2.75, 3.05) is 12.4 Å². The highest BCUT2D eigenvalue weighted by Gasteiger charge is 2.11. The van der Waals surface area contributed by atoms with Crippen molar-refractivity contribution in [2.45, 2.75) is 0 Å². The molecule has 0 bridgehead atoms. The Hall–Kier alpha value is -2.63. The summed E-state index contributed by atoms with van der Waals surface area (Å²) in [7, 11) is 1.23. The summed E-state index contributed by atoms with van der Waals surface area (Å²) in [5, 5.41) is 10.8. The third-order valence-corrected chi connectivity index (χ3v) is 1.97. The molecule has 94 valence electrons. The Balaban J connectivity index is 2.88. The summed E-state index contributed by atoms with van der Waals surface area (Å²) in [5.41, 5.74) is 0.446. The van der Waals surface area contributed by atoms with Crippen LogP contribution in [0.4, 0.5) is 5.69 Å². The number of aliphatic carboxylic acids is 1. The Kier molecular flexibility index (Phi) is 4.62. The van der Waals surface area contributed by atoms with Crippen LogP contribution in [-0.2, 0) is 14.3 Å². The number of amides is 1. The van der Waals surface area contributed by atoms with Gasteiger partial charge in [0.25, 0.3) is 0 Å². The van der Waals surface area contributed by atoms with E-state index in [0.717, 1.165) is 6.08 Å². The molecular formula is C12H11NO5. The second kappa shape index (κ2) is 6.19. The van der Waals surface area contributed by atoms with E-state index < -0.39 is 17.8 Å². The maximum absolute atomic E-state index is 11.4. The first-order valence-electron chi connectivity index (χ1n) is 4.94. The molecule has 1 aromatic carbocycles. The van der Waals surface area contributed by atoms with Crippen LogP contribution in [0.25, 0.3) is 0 Å². The number of hydrogen-bond donors (Lipinski definition) is 2. The standard InChI is InChI=1S/C12H11NO5/c1-18-12(17)8-4-2-3-5-9(8)13-10(14)6-7-11(15)16/h2-7H,1H3,(H,13,14)(H,15,16)/b7-6+. The smallest absolute Gasteiger partial charge is 0.339 e. The number of para-hydroxylation sites is 1. The fourth-order valence-corrected chi connectivity index (χ4v) is 1.20. The number of ether oxygens (including phenoxy) is 1. The van der Waals surface area contributed by atoms with Crippen LogP contribution >= 0.6 is 0 Å². The molecule has 0 saturated carbocycles. The Morgan fingerprint density at radius 1 is 1.22 bits per heavy atom. The number of hydrogen-bond acceptors (Lipinski definition) is 4. The summed E-state index contributed by atoms with van der Waals surface area (Å²) in [4.78, 5) is 33.0. The maximum atomic E-state index is 11.4. The fourth-order valence-electron chi connectivity index (χ4n) is 1.20. The summed E-state index contributed by atoms with van der Waals surface area (Å²) in [6.07, 6.45) is 1.56. The average Bonchev–Trinajstić information content (AvgIpc) is 2.36. The van der Waals surface area contributed by atoms with Crippen molar-refractivity contribution in [3.8, 4) is 0 Å². The molecular weight excluding hydrogens is 238 g/mol. The van der Waals surface area contributed by atoms with Gasteiger partial charge in [0, 0.05) is 12.2 Å². The highest BCUT2D eigenvalue weighted by atomic mass is 16.5. The molecule has 0 saturated heterocycles. The van der Waals surface area contributed by atoms with Gasteiger partial charge in [-0.15, -0.1) is 0 Å². The molecule has 6 nitrogen and oxygen atoms in total. The Morgan fingerprint density at radius 2 is 1.89 bits per heavy atom. The molecule has 0 atom stereocenters. The van der Waals surface area contributed by atoms with Gasteiger partial charge in [0.1, 0.15) is 0 Å². The zero-order chi connectivity index (χ0) is 13.5. The van der Waals surface area contributed by atoms with Gasteiger partial charge in [-0.2, -0.15) is 0 Å². The first kappa shape index (κ1) is 13.4. The number of methoxy groups -OCH3 is 1. The summed E-state index contributed by atoms with van der Waals surface area (Å²) < 4.78 is 4.55. The molecule has 0 radical (unpaired) electrons. The zero-order valence-electron chi connectivity index (χ0n) is 9.54. The number of esters is 1. The van der Waals surface area contributed by atoms with Gasteiger partial charge in [-0.3, -0.25) is 4.79 Å². The second-order valence-corrected chi connectivity index (χ2v) is 3.20. The summed E-state index contributed by atoms with van der Waals surface area (Å²) in [6, 6.07) is 6.25. The topological polar surface area (TPSA) is 92.7 Å². The van der Waals surface area contributed by atoms with Crippen molar-refractivity contribution in [2.24, 2.45) is 0 Å². The predicted molar refractivity (Wildman–Crippen MR) is 63.2 cm³/mol. The van der Waals surface area contributed by atoms with E-state index in [1.165, 1.54) is 19.2 Å². The fraction of sp³-hybridized carbons (Fsp3) is 0.0833. The molecule has 0 aliphatic rings. The van der Waals surface area contributed by atoms with Gasteiger partial charge in [-0.25, -0.2) is 9.59 Å². The number of carbonyl (C=O) groups is 3. The van der Waals surface area contributed by atoms with Crippen molar-refractivity contribution in [1.29, 1.82) is 0 Å². The predicted octanol–water partition coefficient (Wildman–Crippen LogP) is 1.05. The van der Waals surface area contributed by atoms with Crippen molar-refractivity contribution in [3.63, 3.8) is 0 Å². The van der Waals surface area contributed by atoms with Gasteiger partial charge < -0.3 is 15.2 Å². The van der Waals surface area contributed by atoms with E-state index in [1.54, 1.807) is 12.1 Å². The van der Waals surface area contributed by atoms with Crippen LogP contribution < -0.4 is 5.32 Å². The lowest BCUT2D eigenvalue weighted by Crippen LogP contribution is -2.13. The highest BCUT2D eigenvalue weighted by Crippen LogP contribution is 2.15. The number of nitrogens with one attached hydrogen (secondary N) is 1. The second-order valence-electron chi connectivity index (χ2n) is 3.20. The minimum absolute atomic E-state index is 0.192. The summed E-state index contributed by atoms with van der Waals surface area (Å²) in [6.45, 7) is 0. The number of carboxylic acids is 1. The molecule has 1 amide bonds. The lowest BCUT2D eigenvalue weighted by atomic mass is 10.2. The molecule has 0 aromatic heterocycles. The van der Waals surface area contributed by atoms with Crippen LogP contribution in [0.5, 0.6) is 0 Å². The number of anilines is 1. The Bertz CT molecular complexity index is 507. The molecule has 0 fully saturated rings. The van der Waals surface area contributed by atoms with E-state index >= 15 is 0 Å². The van der Waals surface area contributed by atoms with Gasteiger partial charge in [-0.1, -0.05) is 12.1 Å². The van der Waals surface area contributed by atoms with Crippen LogP contribution in [-0.4, -0.2) is 30.1 Å². The summed E-state index contributed by atoms with van der Waals surface area (Å²) in [5.74, 6) is -2.46. The number of carbonyl (C=O) groups excluding carboxylic acids is 2. The zero-order valence-corrected chi connectivity index (χ0v) is 9.54. The van der Waals surface area contributed by atoms with Gasteiger partial charge in [-0.05, 0) is 12.1 Å². The van der Waals surface area contributed by atoms with E-state index in [4.69, 9.17) is 5.11 Å². The van der Waals surface area contributed by atoms with Crippen molar-refractivity contribution >= 4 is 23.5 Å². The molecule has 1 aromatic rings. The average molecular weight is 249 g/mol. The number of rotatable bonds is 4. The van der Waals surface area contributed by atoms with E-state index in [2.05, 4.69) is 10.1 Å². The molecule has 0 spiro atoms. The largest absolute Gasteiger partial charge is 0.478 e. The van der Waals surface area contributed by atoms with Gasteiger partial charge in [0.05, 0.1) is 18.4 Å². The SMILES string of the molecule is COC(=O)c1ccccc1NC(=O)/C=C/C(=O)O. The third-order valence-electron chi connectivity index (χ3n) is 1.97. The summed E-state index contributed by atoms with van der Waals surface area (Å²) >= 11 is 0. The van der Waals surface area contributed by atoms with Gasteiger partial charge in [0.2, 0.25) is 5.91 Å². The van der Waals surface area contributed by atoms with Gasteiger partial charge >= 0.3 is 11.9 Å². The molecule has 0 unspecified atom stereocenters. The van der Waals surface area contributed by atoms with Crippen LogP contribution in [0.3, 0.4) is 0 Å². The Labute approximate surface area is 103 Å². The molecule has 0 heterocycles. The molecule has 0 aliphatic heterocycles. The maximum Gasteiger partial charge on any atom is 0.339 e. The lowest BCUT2D eigenvalue weighted by molar-refractivity contribution is -0.131. The van der Waals surface area contributed by atoms with Crippen molar-refractivity contribution < 1.29 is 24.2 Å². The Morgan fingerprint density at radius 3 is 2.50 bits per heavy atom. The van der Waals surface area contributed by atoms with Crippen LogP contribution in [0, 0.1) is 0 Å². The first-order chi connectivity index (χ1) is 8.54. The quantitative estimate of drug-likeness (QED) is 0.614. The third kappa shape index (κ3) is 3.75. The monoisotopic (exact) mass is 249 g/mol. The normalized spacial score (nSPS) is 10.1. The molecule has 0 aliphatic carbocycles. The molecule has 1 rings (SSSR count). The van der Waals surface area contributed by atoms with Gasteiger partial charge in [0.15, 0.2) is 0 Å². The molecule has 2 N–H and O–H groups in total. The van der Waals surface area contributed by atoms with E-state index in [0.29, 0.717) is 6.08 Å². The minimum atomic E-state index is -1.23. The first-order valence-corrected chi connectivity index (χ1v) is 4.94. The van der Waals surface area contributed by atoms with E-state index in [9.17, 15) is 14.4 Å². The van der Waals surface area contributed by atoms with Crippen LogP contribution in [0.15, 0.2) is 36.4 Å². The van der Waals surface area contributed by atoms with E-state index in [1.807, 2.05) is 0 Å². The lowest BCUT2D eigenvalue weighted by Gasteiger charge is -2.07. The van der Waals surface area contributed by atoms with Crippen molar-refractivity contribution in [3.05, 3.63) is 42.0 Å².